The number of hydrogen-bond donors (Lipinski definition) is 3. The lowest BCUT2D eigenvalue weighted by Gasteiger charge is -2.34. The van der Waals surface area contributed by atoms with E-state index in [0.29, 0.717) is 5.32 Å². The maximum absolute atomic E-state index is 12.7. The zero-order valence-corrected chi connectivity index (χ0v) is 14.7. The molecule has 1 aromatic rings. The Hall–Kier alpha value is -1.44. The molecule has 0 aliphatic carbocycles. The predicted molar refractivity (Wildman–Crippen MR) is 79.0 cm³/mol. The van der Waals surface area contributed by atoms with E-state index >= 15 is 0 Å². The monoisotopic (exact) mass is 447 g/mol. The Morgan fingerprint density at radius 3 is 1.81 bits per heavy atom. The van der Waals surface area contributed by atoms with Crippen molar-refractivity contribution >= 4 is 39.3 Å². The lowest BCUT2D eigenvalue weighted by atomic mass is 10.0. The van der Waals surface area contributed by atoms with E-state index in [1.807, 2.05) is 0 Å². The van der Waals surface area contributed by atoms with Crippen molar-refractivity contribution in [1.82, 2.24) is 15.6 Å². The van der Waals surface area contributed by atoms with E-state index in [-0.39, 0.29) is 6.92 Å². The van der Waals surface area contributed by atoms with Crippen LogP contribution in [0.3, 0.4) is 0 Å². The van der Waals surface area contributed by atoms with Crippen LogP contribution in [0.25, 0.3) is 0 Å². The van der Waals surface area contributed by atoms with Crippen LogP contribution in [0.4, 0.5) is 31.1 Å². The van der Waals surface area contributed by atoms with Crippen LogP contribution in [0.5, 0.6) is 0 Å². The number of sulfonamides is 1. The number of carbonyl (C=O) groups is 1. The van der Waals surface area contributed by atoms with Crippen LogP contribution < -0.4 is 15.6 Å². The van der Waals surface area contributed by atoms with Crippen molar-refractivity contribution < 1.29 is 39.6 Å². The van der Waals surface area contributed by atoms with Crippen molar-refractivity contribution in [2.45, 2.75) is 29.7 Å². The molecular formula is C11H9Cl2F6N3O3S. The third-order valence-corrected chi connectivity index (χ3v) is 5.19. The van der Waals surface area contributed by atoms with Crippen LogP contribution >= 0.6 is 23.2 Å². The molecule has 6 nitrogen and oxygen atoms in total. The molecule has 15 heteroatoms. The van der Waals surface area contributed by atoms with Crippen LogP contribution in [0.15, 0.2) is 23.1 Å². The molecule has 148 valence electrons. The summed E-state index contributed by atoms with van der Waals surface area (Å²) in [5.41, 5.74) is -3.46. The Morgan fingerprint density at radius 2 is 1.42 bits per heavy atom. The minimum Gasteiger partial charge on any atom is -0.315 e. The lowest BCUT2D eigenvalue weighted by Crippen LogP contribution is -2.67. The number of rotatable bonds is 4. The van der Waals surface area contributed by atoms with Crippen LogP contribution in [-0.2, 0) is 10.0 Å². The number of hydrogen-bond acceptors (Lipinski definition) is 3. The molecule has 26 heavy (non-hydrogen) atoms. The van der Waals surface area contributed by atoms with E-state index in [2.05, 4.69) is 0 Å². The first-order chi connectivity index (χ1) is 11.5. The molecule has 0 saturated heterocycles. The highest BCUT2D eigenvalue weighted by atomic mass is 35.5. The summed E-state index contributed by atoms with van der Waals surface area (Å²) in [6.07, 6.45) is -11.8. The van der Waals surface area contributed by atoms with Crippen molar-refractivity contribution in [2.75, 3.05) is 0 Å². The number of carbonyl (C=O) groups excluding carboxylic acids is 1. The van der Waals surface area contributed by atoms with Gasteiger partial charge < -0.3 is 5.32 Å². The summed E-state index contributed by atoms with van der Waals surface area (Å²) in [7, 11) is -4.69. The Labute approximate surface area is 152 Å². The largest absolute Gasteiger partial charge is 0.420 e. The van der Waals surface area contributed by atoms with Gasteiger partial charge in [-0.2, -0.15) is 26.3 Å². The molecular weight excluding hydrogens is 439 g/mol. The topological polar surface area (TPSA) is 87.3 Å². The average molecular weight is 448 g/mol. The zero-order valence-electron chi connectivity index (χ0n) is 12.4. The van der Waals surface area contributed by atoms with E-state index in [1.165, 1.54) is 16.3 Å². The van der Waals surface area contributed by atoms with E-state index in [0.717, 1.165) is 12.1 Å². The fourth-order valence-electron chi connectivity index (χ4n) is 1.46. The molecule has 3 N–H and O–H groups in total. The summed E-state index contributed by atoms with van der Waals surface area (Å²) in [6, 6.07) is 1.37. The van der Waals surface area contributed by atoms with Crippen molar-refractivity contribution in [3.05, 3.63) is 28.2 Å². The van der Waals surface area contributed by atoms with E-state index < -0.39 is 48.9 Å². The Morgan fingerprint density at radius 1 is 1.00 bits per heavy atom. The van der Waals surface area contributed by atoms with Gasteiger partial charge in [0.1, 0.15) is 4.90 Å². The molecule has 0 atom stereocenters. The number of halogens is 8. The summed E-state index contributed by atoms with van der Waals surface area (Å²) in [5.74, 6) is 0. The molecule has 0 fully saturated rings. The standard InChI is InChI=1S/C11H9Cl2F6N3O3S/c1-9(10(14,15)16,11(17,18)19)20-8(23)21-22-26(24,25)7-5(12)3-2-4-6(7)13/h2-4,22H,1H3,(H2,20,21,23). The molecule has 0 spiro atoms. The molecule has 1 rings (SSSR count). The predicted octanol–water partition coefficient (Wildman–Crippen LogP) is 3.37. The molecule has 1 aromatic carbocycles. The van der Waals surface area contributed by atoms with Crippen molar-refractivity contribution in [3.63, 3.8) is 0 Å². The quantitative estimate of drug-likeness (QED) is 0.488. The molecule has 0 unspecified atom stereocenters. The smallest absolute Gasteiger partial charge is 0.315 e. The molecule has 2 amide bonds. The van der Waals surface area contributed by atoms with Crippen molar-refractivity contribution in [3.8, 4) is 0 Å². The first-order valence-corrected chi connectivity index (χ1v) is 8.44. The van der Waals surface area contributed by atoms with Gasteiger partial charge in [0.15, 0.2) is 0 Å². The maximum Gasteiger partial charge on any atom is 0.420 e. The van der Waals surface area contributed by atoms with Gasteiger partial charge in [0.25, 0.3) is 10.0 Å². The summed E-state index contributed by atoms with van der Waals surface area (Å²) in [5, 5.41) is -0.167. The second-order valence-electron chi connectivity index (χ2n) is 4.86. The maximum atomic E-state index is 12.7. The van der Waals surface area contributed by atoms with Crippen LogP contribution in [-0.4, -0.2) is 32.3 Å². The third-order valence-electron chi connectivity index (χ3n) is 2.98. The Balaban J connectivity index is 2.99. The second kappa shape index (κ2) is 7.29. The highest BCUT2D eigenvalue weighted by Gasteiger charge is 2.68. The van der Waals surface area contributed by atoms with Crippen LogP contribution in [0, 0.1) is 0 Å². The van der Waals surface area contributed by atoms with Gasteiger partial charge in [0.2, 0.25) is 5.54 Å². The van der Waals surface area contributed by atoms with Gasteiger partial charge in [-0.05, 0) is 19.1 Å². The van der Waals surface area contributed by atoms with Gasteiger partial charge in [0, 0.05) is 0 Å². The van der Waals surface area contributed by atoms with Gasteiger partial charge in [0.05, 0.1) is 10.0 Å². The highest BCUT2D eigenvalue weighted by molar-refractivity contribution is 7.89. The normalized spacial score (nSPS) is 13.4. The Kier molecular flexibility index (Phi) is 6.34. The molecule has 0 aliphatic rings. The minimum absolute atomic E-state index is 0.327. The summed E-state index contributed by atoms with van der Waals surface area (Å²) in [4.78, 5) is 11.9. The molecule has 0 aliphatic heterocycles. The molecule has 0 bridgehead atoms. The summed E-state index contributed by atoms with van der Waals surface area (Å²) >= 11 is 11.3. The summed E-state index contributed by atoms with van der Waals surface area (Å²) < 4.78 is 100.0. The molecule has 0 saturated carbocycles. The number of nitrogens with one attached hydrogen (secondary N) is 3. The van der Waals surface area contributed by atoms with Gasteiger partial charge in [-0.1, -0.05) is 29.3 Å². The van der Waals surface area contributed by atoms with E-state index in [1.54, 1.807) is 0 Å². The van der Waals surface area contributed by atoms with E-state index in [9.17, 15) is 39.6 Å². The van der Waals surface area contributed by atoms with Crippen molar-refractivity contribution in [2.24, 2.45) is 0 Å². The SMILES string of the molecule is CC(NC(=O)NNS(=O)(=O)c1c(Cl)cccc1Cl)(C(F)(F)F)C(F)(F)F. The fourth-order valence-corrected chi connectivity index (χ4v) is 3.45. The van der Waals surface area contributed by atoms with E-state index in [4.69, 9.17) is 23.2 Å². The molecule has 0 radical (unpaired) electrons. The second-order valence-corrected chi connectivity index (χ2v) is 7.29. The van der Waals surface area contributed by atoms with Crippen LogP contribution in [0.1, 0.15) is 6.92 Å². The fraction of sp³-hybridized carbons (Fsp3) is 0.364. The highest BCUT2D eigenvalue weighted by Crippen LogP contribution is 2.42. The third kappa shape index (κ3) is 4.64. The number of benzene rings is 1. The Bertz CT molecular complexity index is 763. The number of alkyl halides is 6. The van der Waals surface area contributed by atoms with Gasteiger partial charge in [-0.15, -0.1) is 4.83 Å². The number of hydrazine groups is 1. The van der Waals surface area contributed by atoms with Gasteiger partial charge in [-0.25, -0.2) is 13.2 Å². The summed E-state index contributed by atoms with van der Waals surface area (Å²) in [6.45, 7) is -0.327. The number of urea groups is 1. The zero-order chi connectivity index (χ0) is 20.6. The first kappa shape index (κ1) is 22.6. The lowest BCUT2D eigenvalue weighted by molar-refractivity contribution is -0.297. The van der Waals surface area contributed by atoms with Gasteiger partial charge in [-0.3, -0.25) is 5.43 Å². The van der Waals surface area contributed by atoms with Crippen molar-refractivity contribution in [1.29, 1.82) is 0 Å². The molecule has 0 heterocycles. The molecule has 0 aromatic heterocycles. The minimum atomic E-state index is -5.91. The van der Waals surface area contributed by atoms with Gasteiger partial charge >= 0.3 is 18.4 Å². The average Bonchev–Trinajstić information content (AvgIpc) is 2.42. The number of amides is 2. The van der Waals surface area contributed by atoms with Crippen LogP contribution in [0.2, 0.25) is 10.0 Å². The first-order valence-electron chi connectivity index (χ1n) is 6.20.